The van der Waals surface area contributed by atoms with Crippen LogP contribution in [0.1, 0.15) is 12.5 Å². The lowest BCUT2D eigenvalue weighted by Gasteiger charge is -2.11. The van der Waals surface area contributed by atoms with Crippen molar-refractivity contribution in [1.29, 1.82) is 0 Å². The molecule has 3 aromatic rings. The quantitative estimate of drug-likeness (QED) is 0.402. The van der Waals surface area contributed by atoms with Crippen LogP contribution in [0.2, 0.25) is 0 Å². The number of H-pyrrole nitrogens is 1. The molecule has 3 rings (SSSR count). The zero-order valence-electron chi connectivity index (χ0n) is 15.9. The van der Waals surface area contributed by atoms with E-state index in [1.54, 1.807) is 12.1 Å². The maximum atomic E-state index is 13.5. The molecule has 0 amide bonds. The number of fused-ring (bicyclic) bond motifs is 1. The first-order valence-corrected chi connectivity index (χ1v) is 10.7. The Bertz CT molecular complexity index is 955. The third-order valence-electron chi connectivity index (χ3n) is 4.31. The summed E-state index contributed by atoms with van der Waals surface area (Å²) in [6, 6.07) is 14.2. The highest BCUT2D eigenvalue weighted by molar-refractivity contribution is 7.85. The Kier molecular flexibility index (Phi) is 7.19. The van der Waals surface area contributed by atoms with Crippen LogP contribution in [0.5, 0.6) is 0 Å². The Morgan fingerprint density at radius 3 is 2.79 bits per heavy atom. The van der Waals surface area contributed by atoms with Gasteiger partial charge in [0.05, 0.1) is 17.3 Å². The summed E-state index contributed by atoms with van der Waals surface area (Å²) < 4.78 is 25.8. The first-order valence-electron chi connectivity index (χ1n) is 9.38. The molecule has 0 radical (unpaired) electrons. The molecule has 1 atom stereocenters. The van der Waals surface area contributed by atoms with Gasteiger partial charge in [0, 0.05) is 40.8 Å². The number of aromatic nitrogens is 1. The molecule has 148 valence electrons. The second-order valence-corrected chi connectivity index (χ2v) is 7.87. The van der Waals surface area contributed by atoms with Crippen molar-refractivity contribution in [1.82, 2.24) is 15.6 Å². The van der Waals surface area contributed by atoms with Crippen LogP contribution in [0.3, 0.4) is 0 Å². The lowest BCUT2D eigenvalue weighted by molar-refractivity contribution is 0.629. The molecular formula is C21H25FN4OS. The summed E-state index contributed by atoms with van der Waals surface area (Å²) in [6.45, 7) is 3.87. The second-order valence-electron chi connectivity index (χ2n) is 6.30. The van der Waals surface area contributed by atoms with Crippen LogP contribution in [0.15, 0.2) is 64.6 Å². The molecule has 0 aliphatic rings. The van der Waals surface area contributed by atoms with E-state index < -0.39 is 10.8 Å². The predicted octanol–water partition coefficient (Wildman–Crippen LogP) is 3.21. The van der Waals surface area contributed by atoms with E-state index in [0.717, 1.165) is 34.3 Å². The van der Waals surface area contributed by atoms with E-state index in [1.807, 2.05) is 43.5 Å². The van der Waals surface area contributed by atoms with E-state index in [9.17, 15) is 8.60 Å². The summed E-state index contributed by atoms with van der Waals surface area (Å²) in [4.78, 5) is 8.50. The van der Waals surface area contributed by atoms with E-state index in [4.69, 9.17) is 0 Å². The summed E-state index contributed by atoms with van der Waals surface area (Å²) in [5, 5.41) is 7.38. The fourth-order valence-electron chi connectivity index (χ4n) is 2.95. The van der Waals surface area contributed by atoms with Gasteiger partial charge in [-0.2, -0.15) is 0 Å². The molecular weight excluding hydrogens is 375 g/mol. The molecule has 3 N–H and O–H groups in total. The number of benzene rings is 2. The SMILES string of the molecule is CCNC(=NCCS(=O)c1ccccc1)NCCc1c[nH]c2ccc(F)cc12. The van der Waals surface area contributed by atoms with Gasteiger partial charge < -0.3 is 15.6 Å². The van der Waals surface area contributed by atoms with Gasteiger partial charge in [-0.3, -0.25) is 9.20 Å². The second kappa shape index (κ2) is 10.0. The molecule has 0 aliphatic carbocycles. The monoisotopic (exact) mass is 400 g/mol. The van der Waals surface area contributed by atoms with Crippen molar-refractivity contribution < 1.29 is 8.60 Å². The summed E-state index contributed by atoms with van der Waals surface area (Å²) in [5.41, 5.74) is 1.99. The van der Waals surface area contributed by atoms with Gasteiger partial charge in [-0.15, -0.1) is 0 Å². The lowest BCUT2D eigenvalue weighted by atomic mass is 10.1. The van der Waals surface area contributed by atoms with Gasteiger partial charge in [0.2, 0.25) is 0 Å². The third-order valence-corrected chi connectivity index (χ3v) is 5.66. The Morgan fingerprint density at radius 1 is 1.18 bits per heavy atom. The standard InChI is InChI=1S/C21H25FN4OS/c1-2-23-21(25-12-13-28(27)18-6-4-3-5-7-18)24-11-10-16-15-26-20-9-8-17(22)14-19(16)20/h3-9,14-15,26H,2,10-13H2,1H3,(H2,23,24,25). The van der Waals surface area contributed by atoms with E-state index in [0.29, 0.717) is 24.8 Å². The van der Waals surface area contributed by atoms with Gasteiger partial charge in [0.15, 0.2) is 5.96 Å². The molecule has 7 heteroatoms. The van der Waals surface area contributed by atoms with Crippen LogP contribution < -0.4 is 10.6 Å². The van der Waals surface area contributed by atoms with Crippen molar-refractivity contribution >= 4 is 27.7 Å². The predicted molar refractivity (Wildman–Crippen MR) is 114 cm³/mol. The first kappa shape index (κ1) is 20.1. The molecule has 0 saturated heterocycles. The number of guanidine groups is 1. The van der Waals surface area contributed by atoms with E-state index in [1.165, 1.54) is 6.07 Å². The van der Waals surface area contributed by atoms with Gasteiger partial charge >= 0.3 is 0 Å². The van der Waals surface area contributed by atoms with Crippen LogP contribution in [0, 0.1) is 5.82 Å². The van der Waals surface area contributed by atoms with E-state index in [2.05, 4.69) is 20.6 Å². The van der Waals surface area contributed by atoms with Crippen molar-refractivity contribution in [2.45, 2.75) is 18.2 Å². The number of rotatable bonds is 8. The van der Waals surface area contributed by atoms with Gasteiger partial charge in [-0.1, -0.05) is 18.2 Å². The average molecular weight is 401 g/mol. The van der Waals surface area contributed by atoms with Gasteiger partial charge in [0.1, 0.15) is 5.82 Å². The molecule has 2 aromatic carbocycles. The lowest BCUT2D eigenvalue weighted by Crippen LogP contribution is -2.38. The number of hydrogen-bond acceptors (Lipinski definition) is 2. The zero-order valence-corrected chi connectivity index (χ0v) is 16.7. The molecule has 28 heavy (non-hydrogen) atoms. The minimum Gasteiger partial charge on any atom is -0.361 e. The van der Waals surface area contributed by atoms with Crippen LogP contribution in [0.25, 0.3) is 10.9 Å². The fraction of sp³-hybridized carbons (Fsp3) is 0.286. The minimum atomic E-state index is -1.05. The molecule has 1 aromatic heterocycles. The molecule has 0 saturated carbocycles. The van der Waals surface area contributed by atoms with Crippen LogP contribution in [0.4, 0.5) is 4.39 Å². The van der Waals surface area contributed by atoms with Crippen LogP contribution >= 0.6 is 0 Å². The zero-order chi connectivity index (χ0) is 19.8. The van der Waals surface area contributed by atoms with Crippen molar-refractivity contribution in [2.75, 3.05) is 25.4 Å². The highest BCUT2D eigenvalue weighted by Crippen LogP contribution is 2.19. The first-order chi connectivity index (χ1) is 13.7. The van der Waals surface area contributed by atoms with Crippen molar-refractivity contribution in [2.24, 2.45) is 4.99 Å². The fourth-order valence-corrected chi connectivity index (χ4v) is 3.90. The van der Waals surface area contributed by atoms with Gasteiger partial charge in [-0.25, -0.2) is 4.39 Å². The number of aliphatic imine (C=N–C) groups is 1. The minimum absolute atomic E-state index is 0.234. The highest BCUT2D eigenvalue weighted by Gasteiger charge is 2.06. The summed E-state index contributed by atoms with van der Waals surface area (Å²) >= 11 is 0. The molecule has 5 nitrogen and oxygen atoms in total. The van der Waals surface area contributed by atoms with Crippen molar-refractivity contribution in [3.05, 3.63) is 66.1 Å². The van der Waals surface area contributed by atoms with Gasteiger partial charge in [-0.05, 0) is 49.2 Å². The average Bonchev–Trinajstić information content (AvgIpc) is 3.10. The van der Waals surface area contributed by atoms with E-state index >= 15 is 0 Å². The Balaban J connectivity index is 1.53. The normalized spacial score (nSPS) is 12.9. The third kappa shape index (κ3) is 5.42. The summed E-state index contributed by atoms with van der Waals surface area (Å²) in [5.74, 6) is 0.934. The molecule has 1 unspecified atom stereocenters. The van der Waals surface area contributed by atoms with Gasteiger partial charge in [0.25, 0.3) is 0 Å². The smallest absolute Gasteiger partial charge is 0.191 e. The maximum absolute atomic E-state index is 13.5. The largest absolute Gasteiger partial charge is 0.361 e. The maximum Gasteiger partial charge on any atom is 0.191 e. The summed E-state index contributed by atoms with van der Waals surface area (Å²) in [6.07, 6.45) is 2.66. The van der Waals surface area contributed by atoms with Crippen molar-refractivity contribution in [3.8, 4) is 0 Å². The number of aromatic amines is 1. The van der Waals surface area contributed by atoms with Crippen LogP contribution in [-0.4, -0.2) is 40.5 Å². The Morgan fingerprint density at radius 2 is 2.00 bits per heavy atom. The molecule has 0 bridgehead atoms. The highest BCUT2D eigenvalue weighted by atomic mass is 32.2. The van der Waals surface area contributed by atoms with E-state index in [-0.39, 0.29) is 5.82 Å². The Labute approximate surface area is 166 Å². The van der Waals surface area contributed by atoms with Crippen LogP contribution in [-0.2, 0) is 17.2 Å². The Hall–Kier alpha value is -2.67. The number of hydrogen-bond donors (Lipinski definition) is 3. The molecule has 0 fully saturated rings. The topological polar surface area (TPSA) is 69.3 Å². The molecule has 0 spiro atoms. The summed E-state index contributed by atoms with van der Waals surface area (Å²) in [7, 11) is -1.05. The molecule has 1 heterocycles. The number of nitrogens with one attached hydrogen (secondary N) is 3. The number of halogens is 1. The van der Waals surface area contributed by atoms with Crippen molar-refractivity contribution in [3.63, 3.8) is 0 Å². The molecule has 0 aliphatic heterocycles. The number of nitrogens with zero attached hydrogens (tertiary/aromatic N) is 1.